The second kappa shape index (κ2) is 10.4. The van der Waals surface area contributed by atoms with Crippen LogP contribution < -0.4 is 20.1 Å². The first-order valence-electron chi connectivity index (χ1n) is 8.16. The van der Waals surface area contributed by atoms with Crippen LogP contribution in [0, 0.1) is 0 Å². The minimum atomic E-state index is -0.0884. The Balaban J connectivity index is 0.00000288. The fourth-order valence-electron chi connectivity index (χ4n) is 2.52. The van der Waals surface area contributed by atoms with E-state index < -0.39 is 0 Å². The third-order valence-corrected chi connectivity index (χ3v) is 3.71. The lowest BCUT2D eigenvalue weighted by Crippen LogP contribution is -2.46. The minimum Gasteiger partial charge on any atom is -0.493 e. The number of amides is 1. The van der Waals surface area contributed by atoms with Crippen molar-refractivity contribution >= 4 is 18.3 Å². The van der Waals surface area contributed by atoms with Gasteiger partial charge in [-0.2, -0.15) is 0 Å². The monoisotopic (exact) mass is 357 g/mol. The SMILES string of the molecule is COc1cc(C(=O)NCCN2CCNCC2)ccc1OC(C)C.Cl. The van der Waals surface area contributed by atoms with Gasteiger partial charge in [-0.05, 0) is 32.0 Å². The second-order valence-corrected chi connectivity index (χ2v) is 5.88. The number of hydrogen-bond donors (Lipinski definition) is 2. The number of rotatable bonds is 7. The van der Waals surface area contributed by atoms with Crippen LogP contribution in [0.1, 0.15) is 24.2 Å². The van der Waals surface area contributed by atoms with Crippen LogP contribution in [0.15, 0.2) is 18.2 Å². The van der Waals surface area contributed by atoms with E-state index in [1.54, 1.807) is 25.3 Å². The van der Waals surface area contributed by atoms with Crippen molar-refractivity contribution in [3.63, 3.8) is 0 Å². The fourth-order valence-corrected chi connectivity index (χ4v) is 2.52. The first-order chi connectivity index (χ1) is 11.1. The molecule has 0 aliphatic carbocycles. The molecule has 1 aromatic carbocycles. The van der Waals surface area contributed by atoms with Crippen LogP contribution in [-0.2, 0) is 0 Å². The first kappa shape index (κ1) is 20.5. The van der Waals surface area contributed by atoms with Crippen molar-refractivity contribution in [3.05, 3.63) is 23.8 Å². The van der Waals surface area contributed by atoms with E-state index in [1.165, 1.54) is 0 Å². The summed E-state index contributed by atoms with van der Waals surface area (Å²) in [5, 5.41) is 6.28. The number of nitrogens with zero attached hydrogens (tertiary/aromatic N) is 1. The summed E-state index contributed by atoms with van der Waals surface area (Å²) in [6.45, 7) is 9.53. The lowest BCUT2D eigenvalue weighted by atomic mass is 10.2. The number of benzene rings is 1. The predicted molar refractivity (Wildman–Crippen MR) is 97.6 cm³/mol. The number of carbonyl (C=O) groups excluding carboxylic acids is 1. The molecule has 1 aliphatic heterocycles. The molecule has 1 aromatic rings. The Hall–Kier alpha value is -1.50. The van der Waals surface area contributed by atoms with E-state index in [1.807, 2.05) is 13.8 Å². The molecule has 0 unspecified atom stereocenters. The summed E-state index contributed by atoms with van der Waals surface area (Å²) in [5.74, 6) is 1.14. The number of carbonyl (C=O) groups is 1. The van der Waals surface area contributed by atoms with Crippen molar-refractivity contribution in [2.24, 2.45) is 0 Å². The summed E-state index contributed by atoms with van der Waals surface area (Å²) in [6.07, 6.45) is 0.0580. The van der Waals surface area contributed by atoms with Gasteiger partial charge >= 0.3 is 0 Å². The molecule has 0 radical (unpaired) electrons. The average Bonchev–Trinajstić information content (AvgIpc) is 2.55. The van der Waals surface area contributed by atoms with Gasteiger partial charge in [-0.25, -0.2) is 0 Å². The number of halogens is 1. The van der Waals surface area contributed by atoms with E-state index in [0.29, 0.717) is 23.6 Å². The highest BCUT2D eigenvalue weighted by Crippen LogP contribution is 2.28. The van der Waals surface area contributed by atoms with Gasteiger partial charge < -0.3 is 20.1 Å². The van der Waals surface area contributed by atoms with Crippen molar-refractivity contribution in [2.45, 2.75) is 20.0 Å². The molecule has 1 amide bonds. The molecule has 1 saturated heterocycles. The zero-order valence-electron chi connectivity index (χ0n) is 14.6. The number of nitrogens with one attached hydrogen (secondary N) is 2. The Kier molecular flexibility index (Phi) is 8.89. The van der Waals surface area contributed by atoms with Crippen LogP contribution in [0.25, 0.3) is 0 Å². The van der Waals surface area contributed by atoms with Crippen molar-refractivity contribution in [1.29, 1.82) is 0 Å². The molecule has 0 saturated carbocycles. The summed E-state index contributed by atoms with van der Waals surface area (Å²) < 4.78 is 11.0. The van der Waals surface area contributed by atoms with Crippen molar-refractivity contribution in [1.82, 2.24) is 15.5 Å². The largest absolute Gasteiger partial charge is 0.493 e. The molecule has 1 heterocycles. The van der Waals surface area contributed by atoms with E-state index in [0.717, 1.165) is 32.7 Å². The molecule has 24 heavy (non-hydrogen) atoms. The quantitative estimate of drug-likeness (QED) is 0.775. The zero-order valence-corrected chi connectivity index (χ0v) is 15.4. The number of piperazine rings is 1. The molecule has 0 aromatic heterocycles. The Morgan fingerprint density at radius 3 is 2.62 bits per heavy atom. The molecule has 7 heteroatoms. The van der Waals surface area contributed by atoms with Gasteiger partial charge in [0.15, 0.2) is 11.5 Å². The maximum absolute atomic E-state index is 12.2. The van der Waals surface area contributed by atoms with Crippen molar-refractivity contribution < 1.29 is 14.3 Å². The van der Waals surface area contributed by atoms with Crippen LogP contribution in [0.4, 0.5) is 0 Å². The van der Waals surface area contributed by atoms with Gasteiger partial charge in [-0.15, -0.1) is 12.4 Å². The van der Waals surface area contributed by atoms with Crippen LogP contribution >= 0.6 is 12.4 Å². The lowest BCUT2D eigenvalue weighted by molar-refractivity contribution is 0.0947. The molecule has 1 aliphatic rings. The van der Waals surface area contributed by atoms with Gasteiger partial charge in [-0.1, -0.05) is 0 Å². The Morgan fingerprint density at radius 1 is 1.29 bits per heavy atom. The summed E-state index contributed by atoms with van der Waals surface area (Å²) in [4.78, 5) is 14.6. The molecule has 0 bridgehead atoms. The Morgan fingerprint density at radius 2 is 2.00 bits per heavy atom. The van der Waals surface area contributed by atoms with E-state index >= 15 is 0 Å². The highest BCUT2D eigenvalue weighted by atomic mass is 35.5. The summed E-state index contributed by atoms with van der Waals surface area (Å²) in [5.41, 5.74) is 0.582. The average molecular weight is 358 g/mol. The van der Waals surface area contributed by atoms with Crippen LogP contribution in [0.2, 0.25) is 0 Å². The summed E-state index contributed by atoms with van der Waals surface area (Å²) >= 11 is 0. The van der Waals surface area contributed by atoms with Gasteiger partial charge in [0.1, 0.15) is 0 Å². The first-order valence-corrected chi connectivity index (χ1v) is 8.16. The summed E-state index contributed by atoms with van der Waals surface area (Å²) in [6, 6.07) is 5.27. The minimum absolute atomic E-state index is 0. The lowest BCUT2D eigenvalue weighted by Gasteiger charge is -2.27. The Bertz CT molecular complexity index is 520. The van der Waals surface area contributed by atoms with E-state index in [2.05, 4.69) is 15.5 Å². The van der Waals surface area contributed by atoms with Crippen molar-refractivity contribution in [3.8, 4) is 11.5 Å². The van der Waals surface area contributed by atoms with E-state index in [-0.39, 0.29) is 24.4 Å². The van der Waals surface area contributed by atoms with Gasteiger partial charge in [0, 0.05) is 44.8 Å². The molecular formula is C17H28ClN3O3. The third kappa shape index (κ3) is 6.19. The molecule has 2 rings (SSSR count). The van der Waals surface area contributed by atoms with Crippen LogP contribution in [0.5, 0.6) is 11.5 Å². The highest BCUT2D eigenvalue weighted by Gasteiger charge is 2.13. The third-order valence-electron chi connectivity index (χ3n) is 3.71. The predicted octanol–water partition coefficient (Wildman–Crippen LogP) is 1.54. The van der Waals surface area contributed by atoms with E-state index in [4.69, 9.17) is 9.47 Å². The second-order valence-electron chi connectivity index (χ2n) is 5.88. The normalized spacial score (nSPS) is 14.8. The molecule has 0 atom stereocenters. The van der Waals surface area contributed by atoms with Crippen LogP contribution in [0.3, 0.4) is 0 Å². The molecule has 136 valence electrons. The van der Waals surface area contributed by atoms with Gasteiger partial charge in [0.05, 0.1) is 13.2 Å². The molecule has 6 nitrogen and oxygen atoms in total. The van der Waals surface area contributed by atoms with Gasteiger partial charge in [-0.3, -0.25) is 9.69 Å². The number of methoxy groups -OCH3 is 1. The standard InChI is InChI=1S/C17H27N3O3.ClH/c1-13(2)23-15-5-4-14(12-16(15)22-3)17(21)19-8-11-20-9-6-18-7-10-20;/h4-5,12-13,18H,6-11H2,1-3H3,(H,19,21);1H. The molecule has 1 fully saturated rings. The maximum atomic E-state index is 12.2. The number of ether oxygens (including phenoxy) is 2. The van der Waals surface area contributed by atoms with Crippen LogP contribution in [-0.4, -0.2) is 63.3 Å². The topological polar surface area (TPSA) is 62.8 Å². The number of hydrogen-bond acceptors (Lipinski definition) is 5. The highest BCUT2D eigenvalue weighted by molar-refractivity contribution is 5.94. The maximum Gasteiger partial charge on any atom is 0.251 e. The molecular weight excluding hydrogens is 330 g/mol. The smallest absolute Gasteiger partial charge is 0.251 e. The van der Waals surface area contributed by atoms with E-state index in [9.17, 15) is 4.79 Å². The molecule has 2 N–H and O–H groups in total. The van der Waals surface area contributed by atoms with Gasteiger partial charge in [0.2, 0.25) is 0 Å². The molecule has 0 spiro atoms. The van der Waals surface area contributed by atoms with Gasteiger partial charge in [0.25, 0.3) is 5.91 Å². The fraction of sp³-hybridized carbons (Fsp3) is 0.588. The Labute approximate surface area is 150 Å². The summed E-state index contributed by atoms with van der Waals surface area (Å²) in [7, 11) is 1.58. The zero-order chi connectivity index (χ0) is 16.7. The van der Waals surface area contributed by atoms with Crippen molar-refractivity contribution in [2.75, 3.05) is 46.4 Å².